The van der Waals surface area contributed by atoms with E-state index < -0.39 is 0 Å². The fourth-order valence-electron chi connectivity index (χ4n) is 2.97. The largest absolute Gasteiger partial charge is 0.375 e. The SMILES string of the molecule is CN=C(NCCN1CCCCC1)NCC(OC)c1cccc(Cl)c1. The van der Waals surface area contributed by atoms with Crippen molar-refractivity contribution in [2.45, 2.75) is 25.4 Å². The molecule has 2 N–H and O–H groups in total. The third kappa shape index (κ3) is 6.30. The highest BCUT2D eigenvalue weighted by Gasteiger charge is 2.12. The lowest BCUT2D eigenvalue weighted by Crippen LogP contribution is -2.43. The van der Waals surface area contributed by atoms with Crippen LogP contribution in [0, 0.1) is 0 Å². The highest BCUT2D eigenvalue weighted by Crippen LogP contribution is 2.19. The van der Waals surface area contributed by atoms with E-state index in [4.69, 9.17) is 16.3 Å². The maximum atomic E-state index is 6.06. The Hall–Kier alpha value is -1.30. The summed E-state index contributed by atoms with van der Waals surface area (Å²) in [6, 6.07) is 7.76. The molecule has 1 aliphatic rings. The van der Waals surface area contributed by atoms with Gasteiger partial charge in [-0.05, 0) is 43.6 Å². The van der Waals surface area contributed by atoms with E-state index in [2.05, 4.69) is 20.5 Å². The van der Waals surface area contributed by atoms with Crippen LogP contribution in [0.2, 0.25) is 5.02 Å². The molecule has 0 radical (unpaired) electrons. The van der Waals surface area contributed by atoms with Gasteiger partial charge in [0.1, 0.15) is 0 Å². The molecule has 0 bridgehead atoms. The second kappa shape index (κ2) is 10.5. The number of rotatable bonds is 7. The molecule has 0 amide bonds. The Bertz CT molecular complexity index is 517. The number of likely N-dealkylation sites (tertiary alicyclic amines) is 1. The molecule has 134 valence electrons. The van der Waals surface area contributed by atoms with Crippen molar-refractivity contribution in [1.82, 2.24) is 15.5 Å². The molecule has 5 nitrogen and oxygen atoms in total. The molecule has 1 aromatic rings. The minimum atomic E-state index is -0.0654. The van der Waals surface area contributed by atoms with Crippen molar-refractivity contribution in [3.63, 3.8) is 0 Å². The quantitative estimate of drug-likeness (QED) is 0.585. The van der Waals surface area contributed by atoms with Crippen LogP contribution >= 0.6 is 11.6 Å². The van der Waals surface area contributed by atoms with Gasteiger partial charge in [-0.25, -0.2) is 0 Å². The number of nitrogens with zero attached hydrogens (tertiary/aromatic N) is 2. The molecule has 1 aromatic carbocycles. The lowest BCUT2D eigenvalue weighted by molar-refractivity contribution is 0.106. The van der Waals surface area contributed by atoms with Crippen LogP contribution < -0.4 is 10.6 Å². The summed E-state index contributed by atoms with van der Waals surface area (Å²) in [6.45, 7) is 5.03. The molecule has 1 unspecified atom stereocenters. The Labute approximate surface area is 150 Å². The predicted molar refractivity (Wildman–Crippen MR) is 101 cm³/mol. The zero-order valence-corrected chi connectivity index (χ0v) is 15.5. The molecule has 0 aromatic heterocycles. The van der Waals surface area contributed by atoms with Gasteiger partial charge in [-0.2, -0.15) is 0 Å². The summed E-state index contributed by atoms with van der Waals surface area (Å²) in [5.41, 5.74) is 1.06. The normalized spacial score (nSPS) is 17.5. The van der Waals surface area contributed by atoms with Gasteiger partial charge in [0.25, 0.3) is 0 Å². The lowest BCUT2D eigenvalue weighted by atomic mass is 10.1. The molecule has 1 heterocycles. The Balaban J connectivity index is 1.75. The Kier molecular flexibility index (Phi) is 8.36. The van der Waals surface area contributed by atoms with Gasteiger partial charge in [0, 0.05) is 38.8 Å². The van der Waals surface area contributed by atoms with Crippen molar-refractivity contribution in [2.75, 3.05) is 46.9 Å². The average molecular weight is 353 g/mol. The van der Waals surface area contributed by atoms with Gasteiger partial charge in [-0.3, -0.25) is 4.99 Å². The monoisotopic (exact) mass is 352 g/mol. The zero-order valence-electron chi connectivity index (χ0n) is 14.7. The Morgan fingerprint density at radius 2 is 2.08 bits per heavy atom. The highest BCUT2D eigenvalue weighted by atomic mass is 35.5. The highest BCUT2D eigenvalue weighted by molar-refractivity contribution is 6.30. The summed E-state index contributed by atoms with van der Waals surface area (Å²) in [5, 5.41) is 7.42. The van der Waals surface area contributed by atoms with Gasteiger partial charge in [-0.15, -0.1) is 0 Å². The number of methoxy groups -OCH3 is 1. The summed E-state index contributed by atoms with van der Waals surface area (Å²) in [6.07, 6.45) is 3.95. The lowest BCUT2D eigenvalue weighted by Gasteiger charge is -2.26. The molecule has 6 heteroatoms. The van der Waals surface area contributed by atoms with Crippen LogP contribution in [0.4, 0.5) is 0 Å². The van der Waals surface area contributed by atoms with Crippen LogP contribution in [0.5, 0.6) is 0 Å². The number of ether oxygens (including phenoxy) is 1. The van der Waals surface area contributed by atoms with Gasteiger partial charge in [0.15, 0.2) is 5.96 Å². The number of benzene rings is 1. The first-order valence-electron chi connectivity index (χ1n) is 8.68. The number of hydrogen-bond donors (Lipinski definition) is 2. The summed E-state index contributed by atoms with van der Waals surface area (Å²) in [4.78, 5) is 6.79. The van der Waals surface area contributed by atoms with Crippen LogP contribution in [-0.2, 0) is 4.74 Å². The maximum absolute atomic E-state index is 6.06. The fraction of sp³-hybridized carbons (Fsp3) is 0.611. The van der Waals surface area contributed by atoms with E-state index in [-0.39, 0.29) is 6.10 Å². The van der Waals surface area contributed by atoms with Gasteiger partial charge in [0.05, 0.1) is 6.10 Å². The molecule has 0 spiro atoms. The number of hydrogen-bond acceptors (Lipinski definition) is 3. The molecule has 1 atom stereocenters. The summed E-state index contributed by atoms with van der Waals surface area (Å²) >= 11 is 6.06. The molecule has 0 saturated carbocycles. The van der Waals surface area contributed by atoms with Crippen molar-refractivity contribution in [2.24, 2.45) is 4.99 Å². The van der Waals surface area contributed by atoms with Crippen molar-refractivity contribution in [3.05, 3.63) is 34.9 Å². The molecular formula is C18H29ClN4O. The van der Waals surface area contributed by atoms with E-state index in [1.807, 2.05) is 24.3 Å². The van der Waals surface area contributed by atoms with Crippen molar-refractivity contribution >= 4 is 17.6 Å². The van der Waals surface area contributed by atoms with Crippen LogP contribution in [0.1, 0.15) is 30.9 Å². The molecule has 1 fully saturated rings. The average Bonchev–Trinajstić information content (AvgIpc) is 2.61. The number of guanidine groups is 1. The summed E-state index contributed by atoms with van der Waals surface area (Å²) < 4.78 is 5.57. The Morgan fingerprint density at radius 1 is 1.29 bits per heavy atom. The van der Waals surface area contributed by atoms with Crippen LogP contribution in [0.25, 0.3) is 0 Å². The van der Waals surface area contributed by atoms with E-state index in [0.717, 1.165) is 29.6 Å². The third-order valence-corrected chi connectivity index (χ3v) is 4.59. The first-order valence-corrected chi connectivity index (χ1v) is 9.06. The summed E-state index contributed by atoms with van der Waals surface area (Å²) in [7, 11) is 3.50. The minimum absolute atomic E-state index is 0.0654. The van der Waals surface area contributed by atoms with Crippen molar-refractivity contribution in [3.8, 4) is 0 Å². The number of halogens is 1. The first-order chi connectivity index (χ1) is 11.7. The van der Waals surface area contributed by atoms with Crippen LogP contribution in [-0.4, -0.2) is 57.7 Å². The fourth-order valence-corrected chi connectivity index (χ4v) is 3.17. The van der Waals surface area contributed by atoms with Gasteiger partial charge < -0.3 is 20.3 Å². The van der Waals surface area contributed by atoms with E-state index in [9.17, 15) is 0 Å². The number of piperidine rings is 1. The smallest absolute Gasteiger partial charge is 0.191 e. The number of nitrogens with one attached hydrogen (secondary N) is 2. The van der Waals surface area contributed by atoms with E-state index >= 15 is 0 Å². The number of aliphatic imine (C=N–C) groups is 1. The summed E-state index contributed by atoms with van der Waals surface area (Å²) in [5.74, 6) is 0.802. The molecule has 24 heavy (non-hydrogen) atoms. The van der Waals surface area contributed by atoms with Crippen molar-refractivity contribution in [1.29, 1.82) is 0 Å². The van der Waals surface area contributed by atoms with Crippen molar-refractivity contribution < 1.29 is 4.74 Å². The standard InChI is InChI=1S/C18H29ClN4O/c1-20-18(21-9-12-23-10-4-3-5-11-23)22-14-17(24-2)15-7-6-8-16(19)13-15/h6-8,13,17H,3-5,9-12,14H2,1-2H3,(H2,20,21,22). The topological polar surface area (TPSA) is 48.9 Å². The predicted octanol–water partition coefficient (Wildman–Crippen LogP) is 2.68. The molecule has 0 aliphatic carbocycles. The third-order valence-electron chi connectivity index (χ3n) is 4.35. The Morgan fingerprint density at radius 3 is 2.75 bits per heavy atom. The molecule has 2 rings (SSSR count). The minimum Gasteiger partial charge on any atom is -0.375 e. The zero-order chi connectivity index (χ0) is 17.2. The molecular weight excluding hydrogens is 324 g/mol. The van der Waals surface area contributed by atoms with Gasteiger partial charge in [0.2, 0.25) is 0 Å². The maximum Gasteiger partial charge on any atom is 0.191 e. The van der Waals surface area contributed by atoms with Crippen LogP contribution in [0.3, 0.4) is 0 Å². The van der Waals surface area contributed by atoms with E-state index in [1.54, 1.807) is 14.2 Å². The van der Waals surface area contributed by atoms with Gasteiger partial charge in [-0.1, -0.05) is 30.2 Å². The van der Waals surface area contributed by atoms with Crippen LogP contribution in [0.15, 0.2) is 29.3 Å². The van der Waals surface area contributed by atoms with E-state index in [0.29, 0.717) is 6.54 Å². The molecule has 1 aliphatic heterocycles. The van der Waals surface area contributed by atoms with Gasteiger partial charge >= 0.3 is 0 Å². The van der Waals surface area contributed by atoms with E-state index in [1.165, 1.54) is 32.4 Å². The second-order valence-electron chi connectivity index (χ2n) is 6.06. The first kappa shape index (κ1) is 19.0. The second-order valence-corrected chi connectivity index (χ2v) is 6.50. The molecule has 1 saturated heterocycles.